The Morgan fingerprint density at radius 2 is 0.912 bits per heavy atom. The van der Waals surface area contributed by atoms with Gasteiger partial charge in [-0.3, -0.25) is 0 Å². The third-order valence-corrected chi connectivity index (χ3v) is 13.7. The second-order valence-electron chi connectivity index (χ2n) is 8.41. The summed E-state index contributed by atoms with van der Waals surface area (Å²) >= 11 is 6.13. The van der Waals surface area contributed by atoms with E-state index in [-0.39, 0.29) is 5.66 Å². The van der Waals surface area contributed by atoms with Crippen LogP contribution in [0.15, 0.2) is 121 Å². The van der Waals surface area contributed by atoms with Gasteiger partial charge >= 0.3 is 0 Å². The van der Waals surface area contributed by atoms with Gasteiger partial charge in [-0.05, 0) is 12.8 Å². The molecule has 0 spiro atoms. The fourth-order valence-electron chi connectivity index (χ4n) is 4.56. The first kappa shape index (κ1) is 24.7. The Morgan fingerprint density at radius 1 is 0.559 bits per heavy atom. The van der Waals surface area contributed by atoms with Crippen molar-refractivity contribution in [3.8, 4) is 0 Å². The monoisotopic (exact) mass is 506 g/mol. The van der Waals surface area contributed by atoms with E-state index in [1.165, 1.54) is 0 Å². The van der Waals surface area contributed by atoms with Gasteiger partial charge in [-0.15, -0.1) is 11.6 Å². The highest BCUT2D eigenvalue weighted by Gasteiger charge is 2.41. The molecule has 0 unspecified atom stereocenters. The molecule has 5 heteroatoms. The van der Waals surface area contributed by atoms with Crippen LogP contribution in [0.3, 0.4) is 0 Å². The first-order chi connectivity index (χ1) is 16.6. The van der Waals surface area contributed by atoms with Crippen LogP contribution in [-0.2, 0) is 9.13 Å². The molecule has 0 radical (unpaired) electrons. The first-order valence-corrected chi connectivity index (χ1v) is 15.8. The summed E-state index contributed by atoms with van der Waals surface area (Å²) < 4.78 is 30.1. The summed E-state index contributed by atoms with van der Waals surface area (Å²) in [7, 11) is -6.21. The molecule has 4 aromatic carbocycles. The molecule has 0 saturated carbocycles. The van der Waals surface area contributed by atoms with E-state index >= 15 is 4.57 Å². The summed E-state index contributed by atoms with van der Waals surface area (Å²) in [6, 6.07) is 38.6. The van der Waals surface area contributed by atoms with Crippen LogP contribution < -0.4 is 21.2 Å². The minimum Gasteiger partial charge on any atom is -0.314 e. The van der Waals surface area contributed by atoms with Crippen molar-refractivity contribution in [3.63, 3.8) is 0 Å². The Labute approximate surface area is 207 Å². The lowest BCUT2D eigenvalue weighted by atomic mass is 10.3. The maximum atomic E-state index is 15.2. The van der Waals surface area contributed by atoms with Gasteiger partial charge in [-0.2, -0.15) is 0 Å². The second kappa shape index (κ2) is 11.4. The van der Waals surface area contributed by atoms with Gasteiger partial charge < -0.3 is 9.13 Å². The van der Waals surface area contributed by atoms with Crippen LogP contribution in [0.4, 0.5) is 0 Å². The molecule has 0 N–H and O–H groups in total. The Hall–Kier alpha value is -2.37. The van der Waals surface area contributed by atoms with Crippen molar-refractivity contribution in [2.24, 2.45) is 0 Å². The summed E-state index contributed by atoms with van der Waals surface area (Å²) in [5.74, 6) is 0.473. The molecule has 0 fully saturated rings. The van der Waals surface area contributed by atoms with E-state index < -0.39 is 14.3 Å². The Balaban J connectivity index is 1.90. The Morgan fingerprint density at radius 3 is 1.26 bits per heavy atom. The van der Waals surface area contributed by atoms with E-state index in [0.29, 0.717) is 24.9 Å². The van der Waals surface area contributed by atoms with Gasteiger partial charge in [-0.1, -0.05) is 121 Å². The van der Waals surface area contributed by atoms with E-state index in [1.807, 2.05) is 121 Å². The quantitative estimate of drug-likeness (QED) is 0.184. The Bertz CT molecular complexity index is 1180. The zero-order valence-corrected chi connectivity index (χ0v) is 21.6. The summed E-state index contributed by atoms with van der Waals surface area (Å²) in [5.41, 5.74) is -0.317. The zero-order valence-electron chi connectivity index (χ0n) is 19.0. The smallest absolute Gasteiger partial charge is 0.146 e. The standard InChI is InChI=1S/C29H29ClO2P2/c30-23-13-22-29(34(32,27-18-9-3-10-19-27)28-20-11-4-12-21-28)24-33(31,25-14-5-1-6-15-25)26-16-7-2-8-17-26/h1-12,14-21,29H,13,22-24H2/t29-/m0/s1. The van der Waals surface area contributed by atoms with Crippen LogP contribution in [0.5, 0.6) is 0 Å². The first-order valence-electron chi connectivity index (χ1n) is 11.6. The van der Waals surface area contributed by atoms with Crippen LogP contribution in [0, 0.1) is 0 Å². The zero-order chi connectivity index (χ0) is 23.9. The molecule has 4 aromatic rings. The molecule has 0 bridgehead atoms. The second-order valence-corrected chi connectivity index (χ2v) is 14.7. The number of halogens is 1. The van der Waals surface area contributed by atoms with Crippen LogP contribution in [0.2, 0.25) is 0 Å². The summed E-state index contributed by atoms with van der Waals surface area (Å²) in [5, 5.41) is 3.19. The maximum Gasteiger partial charge on any atom is 0.146 e. The van der Waals surface area contributed by atoms with Gasteiger partial charge in [0.2, 0.25) is 0 Å². The van der Waals surface area contributed by atoms with Crippen molar-refractivity contribution < 1.29 is 9.13 Å². The molecule has 4 rings (SSSR count). The fourth-order valence-corrected chi connectivity index (χ4v) is 12.0. The predicted molar refractivity (Wildman–Crippen MR) is 148 cm³/mol. The fraction of sp³-hybridized carbons (Fsp3) is 0.172. The lowest BCUT2D eigenvalue weighted by Gasteiger charge is -2.32. The largest absolute Gasteiger partial charge is 0.314 e. The molecule has 0 saturated heterocycles. The van der Waals surface area contributed by atoms with Crippen LogP contribution in [0.1, 0.15) is 12.8 Å². The molecule has 2 nitrogen and oxygen atoms in total. The van der Waals surface area contributed by atoms with Gasteiger partial charge in [0, 0.05) is 38.9 Å². The summed E-state index contributed by atoms with van der Waals surface area (Å²) in [6.45, 7) is 0. The van der Waals surface area contributed by atoms with Gasteiger partial charge in [0.15, 0.2) is 0 Å². The molecular formula is C29H29ClO2P2. The Kier molecular flexibility index (Phi) is 8.28. The number of hydrogen-bond donors (Lipinski definition) is 0. The van der Waals surface area contributed by atoms with Crippen LogP contribution >= 0.6 is 25.9 Å². The van der Waals surface area contributed by atoms with Gasteiger partial charge in [0.1, 0.15) is 14.3 Å². The molecule has 0 aromatic heterocycles. The van der Waals surface area contributed by atoms with Crippen LogP contribution in [0.25, 0.3) is 0 Å². The van der Waals surface area contributed by atoms with E-state index in [9.17, 15) is 4.57 Å². The van der Waals surface area contributed by atoms with Crippen molar-refractivity contribution in [2.75, 3.05) is 12.0 Å². The molecule has 1 atom stereocenters. The van der Waals surface area contributed by atoms with Crippen molar-refractivity contribution in [2.45, 2.75) is 18.5 Å². The average Bonchev–Trinajstić information content (AvgIpc) is 2.92. The third-order valence-electron chi connectivity index (χ3n) is 6.28. The average molecular weight is 507 g/mol. The maximum absolute atomic E-state index is 15.2. The van der Waals surface area contributed by atoms with Crippen molar-refractivity contribution >= 4 is 47.1 Å². The SMILES string of the molecule is O=P(C[C@H](CCCCl)P(=O)(c1ccccc1)c1ccccc1)(c1ccccc1)c1ccccc1. The van der Waals surface area contributed by atoms with E-state index in [2.05, 4.69) is 0 Å². The lowest BCUT2D eigenvalue weighted by Crippen LogP contribution is -2.32. The summed E-state index contributed by atoms with van der Waals surface area (Å²) in [4.78, 5) is 0. The molecule has 0 aliphatic rings. The number of alkyl halides is 1. The van der Waals surface area contributed by atoms with Crippen molar-refractivity contribution in [1.29, 1.82) is 0 Å². The highest BCUT2D eigenvalue weighted by atomic mass is 35.5. The van der Waals surface area contributed by atoms with Gasteiger partial charge in [0.05, 0.1) is 0 Å². The normalized spacial score (nSPS) is 12.9. The molecule has 174 valence electrons. The van der Waals surface area contributed by atoms with Crippen molar-refractivity contribution in [1.82, 2.24) is 0 Å². The van der Waals surface area contributed by atoms with E-state index in [4.69, 9.17) is 11.6 Å². The molecule has 34 heavy (non-hydrogen) atoms. The predicted octanol–water partition coefficient (Wildman–Crippen LogP) is 6.40. The lowest BCUT2D eigenvalue weighted by molar-refractivity contribution is 0.568. The molecule has 0 heterocycles. The van der Waals surface area contributed by atoms with Crippen LogP contribution in [-0.4, -0.2) is 17.7 Å². The topological polar surface area (TPSA) is 34.1 Å². The highest BCUT2D eigenvalue weighted by Crippen LogP contribution is 2.57. The number of rotatable bonds is 10. The van der Waals surface area contributed by atoms with E-state index in [1.54, 1.807) is 0 Å². The minimum absolute atomic E-state index is 0.317. The van der Waals surface area contributed by atoms with Gasteiger partial charge in [-0.25, -0.2) is 0 Å². The molecule has 0 aliphatic carbocycles. The van der Waals surface area contributed by atoms with Gasteiger partial charge in [0.25, 0.3) is 0 Å². The highest BCUT2D eigenvalue weighted by molar-refractivity contribution is 7.82. The van der Waals surface area contributed by atoms with E-state index in [0.717, 1.165) is 21.2 Å². The van der Waals surface area contributed by atoms with Crippen molar-refractivity contribution in [3.05, 3.63) is 121 Å². The minimum atomic E-state index is -3.13. The molecule has 0 amide bonds. The molecule has 0 aliphatic heterocycles. The number of benzene rings is 4. The third kappa shape index (κ3) is 5.16. The summed E-state index contributed by atoms with van der Waals surface area (Å²) in [6.07, 6.45) is 1.66. The number of hydrogen-bond acceptors (Lipinski definition) is 2. The molecular weight excluding hydrogens is 478 g/mol.